The second-order valence-electron chi connectivity index (χ2n) is 5.32. The maximum atomic E-state index is 12.1. The Morgan fingerprint density at radius 3 is 2.71 bits per heavy atom. The molecule has 0 saturated carbocycles. The van der Waals surface area contributed by atoms with Crippen molar-refractivity contribution in [3.8, 4) is 5.75 Å². The van der Waals surface area contributed by atoms with Crippen molar-refractivity contribution in [1.82, 2.24) is 10.2 Å². The van der Waals surface area contributed by atoms with Gasteiger partial charge in [-0.2, -0.15) is 8.78 Å². The largest absolute Gasteiger partial charge is 0.435 e. The highest BCUT2D eigenvalue weighted by atomic mass is 19.3. The van der Waals surface area contributed by atoms with Gasteiger partial charge in [0, 0.05) is 18.7 Å². The van der Waals surface area contributed by atoms with Crippen molar-refractivity contribution in [3.05, 3.63) is 29.8 Å². The molecule has 0 bridgehead atoms. The first-order chi connectivity index (χ1) is 9.69. The van der Waals surface area contributed by atoms with E-state index >= 15 is 0 Å². The van der Waals surface area contributed by atoms with E-state index < -0.39 is 18.1 Å². The number of aliphatic hydroxyl groups is 1. The number of ether oxygens (including phenoxy) is 1. The predicted octanol–water partition coefficient (Wildman–Crippen LogP) is 1.33. The van der Waals surface area contributed by atoms with Crippen LogP contribution in [0.3, 0.4) is 0 Å². The number of halogens is 2. The molecule has 0 aliphatic rings. The van der Waals surface area contributed by atoms with Crippen LogP contribution < -0.4 is 10.1 Å². The average molecular weight is 302 g/mol. The lowest BCUT2D eigenvalue weighted by atomic mass is 10.1. The van der Waals surface area contributed by atoms with Gasteiger partial charge in [-0.3, -0.25) is 4.79 Å². The lowest BCUT2D eigenvalue weighted by molar-refractivity contribution is -0.0498. The molecule has 0 heterocycles. The van der Waals surface area contributed by atoms with E-state index in [1.165, 1.54) is 24.3 Å². The molecule has 0 radical (unpaired) electrons. The smallest absolute Gasteiger partial charge is 0.387 e. The molecule has 1 rings (SSSR count). The van der Waals surface area contributed by atoms with Crippen molar-refractivity contribution >= 4 is 5.91 Å². The molecule has 1 unspecified atom stereocenters. The third-order valence-electron chi connectivity index (χ3n) is 2.61. The average Bonchev–Trinajstić information content (AvgIpc) is 2.34. The molecule has 0 spiro atoms. The molecule has 1 aromatic rings. The number of benzene rings is 1. The van der Waals surface area contributed by atoms with Gasteiger partial charge < -0.3 is 20.1 Å². The Kier molecular flexibility index (Phi) is 6.04. The fraction of sp³-hybridized carbons (Fsp3) is 0.500. The van der Waals surface area contributed by atoms with Crippen molar-refractivity contribution in [1.29, 1.82) is 0 Å². The highest BCUT2D eigenvalue weighted by molar-refractivity contribution is 5.94. The molecule has 118 valence electrons. The summed E-state index contributed by atoms with van der Waals surface area (Å²) in [6, 6.07) is 5.49. The van der Waals surface area contributed by atoms with Crippen molar-refractivity contribution < 1.29 is 23.4 Å². The Labute approximate surface area is 122 Å². The molecule has 1 aromatic carbocycles. The van der Waals surface area contributed by atoms with Crippen LogP contribution in [-0.4, -0.2) is 55.3 Å². The van der Waals surface area contributed by atoms with Gasteiger partial charge in [-0.1, -0.05) is 6.07 Å². The number of rotatable bonds is 7. The molecule has 0 aliphatic carbocycles. The number of nitrogens with one attached hydrogen (secondary N) is 1. The number of amides is 1. The summed E-state index contributed by atoms with van der Waals surface area (Å²) in [4.78, 5) is 13.7. The fourth-order valence-electron chi connectivity index (χ4n) is 1.92. The van der Waals surface area contributed by atoms with Gasteiger partial charge >= 0.3 is 6.61 Å². The second kappa shape index (κ2) is 7.33. The molecule has 0 aromatic heterocycles. The molecular weight excluding hydrogens is 282 g/mol. The summed E-state index contributed by atoms with van der Waals surface area (Å²) in [5, 5.41) is 12.6. The number of likely N-dealkylation sites (N-methyl/N-ethyl adjacent to an activating group) is 1. The summed E-state index contributed by atoms with van der Waals surface area (Å²) < 4.78 is 28.5. The molecule has 21 heavy (non-hydrogen) atoms. The zero-order valence-corrected chi connectivity index (χ0v) is 12.3. The first kappa shape index (κ1) is 17.3. The molecule has 1 amide bonds. The van der Waals surface area contributed by atoms with Crippen LogP contribution in [-0.2, 0) is 0 Å². The zero-order valence-electron chi connectivity index (χ0n) is 12.3. The van der Waals surface area contributed by atoms with Gasteiger partial charge in [0.2, 0.25) is 0 Å². The minimum atomic E-state index is -2.94. The molecule has 2 N–H and O–H groups in total. The van der Waals surface area contributed by atoms with Gasteiger partial charge in [0.25, 0.3) is 5.91 Å². The van der Waals surface area contributed by atoms with E-state index in [0.717, 1.165) is 0 Å². The second-order valence-corrected chi connectivity index (χ2v) is 5.32. The Balaban J connectivity index is 2.63. The number of hydrogen-bond acceptors (Lipinski definition) is 4. The fourth-order valence-corrected chi connectivity index (χ4v) is 1.92. The van der Waals surface area contributed by atoms with Crippen LogP contribution in [0.1, 0.15) is 17.3 Å². The Morgan fingerprint density at radius 1 is 1.48 bits per heavy atom. The summed E-state index contributed by atoms with van der Waals surface area (Å²) in [7, 11) is 3.61. The van der Waals surface area contributed by atoms with Crippen molar-refractivity contribution in [2.75, 3.05) is 27.2 Å². The van der Waals surface area contributed by atoms with Gasteiger partial charge in [0.05, 0.1) is 5.60 Å². The lowest BCUT2D eigenvalue weighted by Gasteiger charge is -2.27. The standard InChI is InChI=1S/C14H20F2N2O3/c1-14(20,9-18(2)3)8-17-12(19)10-5-4-6-11(7-10)21-13(15)16/h4-7,13,20H,8-9H2,1-3H3,(H,17,19). The number of alkyl halides is 2. The topological polar surface area (TPSA) is 61.8 Å². The van der Waals surface area contributed by atoms with Crippen LogP contribution in [0.4, 0.5) is 8.78 Å². The normalized spacial score (nSPS) is 14.1. The molecule has 1 atom stereocenters. The van der Waals surface area contributed by atoms with E-state index in [4.69, 9.17) is 0 Å². The van der Waals surface area contributed by atoms with E-state index in [1.807, 2.05) is 0 Å². The molecule has 7 heteroatoms. The van der Waals surface area contributed by atoms with Gasteiger partial charge in [-0.15, -0.1) is 0 Å². The van der Waals surface area contributed by atoms with Gasteiger partial charge in [-0.05, 0) is 39.2 Å². The van der Waals surface area contributed by atoms with Gasteiger partial charge in [-0.25, -0.2) is 0 Å². The van der Waals surface area contributed by atoms with E-state index in [2.05, 4.69) is 10.1 Å². The number of carbonyl (C=O) groups is 1. The summed E-state index contributed by atoms with van der Waals surface area (Å²) in [5.74, 6) is -0.550. The molecular formula is C14H20F2N2O3. The summed E-state index contributed by atoms with van der Waals surface area (Å²) >= 11 is 0. The first-order valence-corrected chi connectivity index (χ1v) is 6.40. The monoisotopic (exact) mass is 302 g/mol. The quantitative estimate of drug-likeness (QED) is 0.798. The predicted molar refractivity (Wildman–Crippen MR) is 74.6 cm³/mol. The third kappa shape index (κ3) is 6.50. The minimum absolute atomic E-state index is 0.0456. The van der Waals surface area contributed by atoms with Gasteiger partial charge in [0.1, 0.15) is 5.75 Å². The van der Waals surface area contributed by atoms with Crippen LogP contribution >= 0.6 is 0 Å². The van der Waals surface area contributed by atoms with Crippen molar-refractivity contribution in [2.45, 2.75) is 19.1 Å². The SMILES string of the molecule is CN(C)CC(C)(O)CNC(=O)c1cccc(OC(F)F)c1. The highest BCUT2D eigenvalue weighted by Crippen LogP contribution is 2.16. The highest BCUT2D eigenvalue weighted by Gasteiger charge is 2.22. The molecule has 0 saturated heterocycles. The minimum Gasteiger partial charge on any atom is -0.435 e. The Hall–Kier alpha value is -1.73. The van der Waals surface area contributed by atoms with Crippen LogP contribution in [0.15, 0.2) is 24.3 Å². The Bertz CT molecular complexity index is 479. The van der Waals surface area contributed by atoms with E-state index in [-0.39, 0.29) is 17.9 Å². The zero-order chi connectivity index (χ0) is 16.0. The summed E-state index contributed by atoms with van der Waals surface area (Å²) in [6.07, 6.45) is 0. The summed E-state index contributed by atoms with van der Waals surface area (Å²) in [5.41, 5.74) is -0.898. The molecule has 0 fully saturated rings. The Morgan fingerprint density at radius 2 is 2.14 bits per heavy atom. The van der Waals surface area contributed by atoms with Crippen molar-refractivity contribution in [3.63, 3.8) is 0 Å². The third-order valence-corrected chi connectivity index (χ3v) is 2.61. The van der Waals surface area contributed by atoms with E-state index in [9.17, 15) is 18.7 Å². The van der Waals surface area contributed by atoms with Crippen LogP contribution in [0.5, 0.6) is 5.75 Å². The number of carbonyl (C=O) groups excluding carboxylic acids is 1. The number of hydrogen-bond donors (Lipinski definition) is 2. The lowest BCUT2D eigenvalue weighted by Crippen LogP contribution is -2.47. The van der Waals surface area contributed by atoms with Crippen molar-refractivity contribution in [2.24, 2.45) is 0 Å². The number of nitrogens with zero attached hydrogens (tertiary/aromatic N) is 1. The first-order valence-electron chi connectivity index (χ1n) is 6.40. The van der Waals surface area contributed by atoms with Gasteiger partial charge in [0.15, 0.2) is 0 Å². The maximum absolute atomic E-state index is 12.1. The van der Waals surface area contributed by atoms with E-state index in [0.29, 0.717) is 6.54 Å². The summed E-state index contributed by atoms with van der Waals surface area (Å²) in [6.45, 7) is -0.917. The molecule has 0 aliphatic heterocycles. The van der Waals surface area contributed by atoms with E-state index in [1.54, 1.807) is 25.9 Å². The van der Waals surface area contributed by atoms with Crippen LogP contribution in [0.2, 0.25) is 0 Å². The maximum Gasteiger partial charge on any atom is 0.387 e. The molecule has 5 nitrogen and oxygen atoms in total. The van der Waals surface area contributed by atoms with Crippen LogP contribution in [0, 0.1) is 0 Å². The van der Waals surface area contributed by atoms with Crippen LogP contribution in [0.25, 0.3) is 0 Å².